The Balaban J connectivity index is 0.000000150. The summed E-state index contributed by atoms with van der Waals surface area (Å²) < 4.78 is 70.0. The number of benzene rings is 3. The molecule has 1 fully saturated rings. The van der Waals surface area contributed by atoms with Crippen LogP contribution in [0.3, 0.4) is 0 Å². The van der Waals surface area contributed by atoms with Crippen molar-refractivity contribution in [3.05, 3.63) is 201 Å². The highest BCUT2D eigenvalue weighted by atomic mass is 79.9. The molecular weight excluding hydrogens is 1560 g/mol. The third kappa shape index (κ3) is 14.2. The summed E-state index contributed by atoms with van der Waals surface area (Å²) >= 11 is 36.5. The first kappa shape index (κ1) is 72.2. The first-order chi connectivity index (χ1) is 47.3. The molecule has 0 amide bonds. The van der Waals surface area contributed by atoms with E-state index in [9.17, 15) is 13.2 Å². The van der Waals surface area contributed by atoms with Gasteiger partial charge in [-0.25, -0.2) is 39.9 Å². The molecule has 10 heterocycles. The Morgan fingerprint density at radius 2 is 0.909 bits per heavy atom. The molecule has 0 spiro atoms. The van der Waals surface area contributed by atoms with Crippen LogP contribution in [-0.4, -0.2) is 105 Å². The predicted molar refractivity (Wildman–Crippen MR) is 393 cm³/mol. The van der Waals surface area contributed by atoms with Crippen LogP contribution in [0, 0.1) is 20.8 Å². The number of hydrogen-bond donors (Lipinski definition) is 3. The van der Waals surface area contributed by atoms with Crippen molar-refractivity contribution in [1.82, 2.24) is 58.1 Å². The number of nitrogen functional groups attached to an aromatic ring is 3. The zero-order valence-electron chi connectivity index (χ0n) is 54.6. The van der Waals surface area contributed by atoms with Gasteiger partial charge in [-0.3, -0.25) is 18.2 Å². The van der Waals surface area contributed by atoms with E-state index >= 15 is 0 Å². The zero-order chi connectivity index (χ0) is 71.0. The summed E-state index contributed by atoms with van der Waals surface area (Å²) in [5.41, 5.74) is 29.0. The fourth-order valence-electron chi connectivity index (χ4n) is 12.2. The van der Waals surface area contributed by atoms with Crippen molar-refractivity contribution >= 4 is 134 Å². The number of hydrogen-bond acceptors (Lipinski definition) is 17. The second-order valence-electron chi connectivity index (χ2n) is 23.0. The molecular formula is C69H64Br3Cl4F3N16O4. The number of rotatable bonds is 14. The number of aromatic nitrogens is 12. The number of ether oxygens (including phenoxy) is 4. The quantitative estimate of drug-likeness (QED) is 0.0856. The van der Waals surface area contributed by atoms with Crippen molar-refractivity contribution in [3.8, 4) is 50.6 Å². The highest BCUT2D eigenvalue weighted by Crippen LogP contribution is 2.49. The standard InChI is InChI=1S/C25H26BrClN6O2.C23H20BrClF3N5O.C21H18BrCl2N5O/c1-14(25-31-23(26)21-24(28)29-6-7-33(21)25)17-12-18(27)15(2)20(22(17)34-3)16-4-5-19(30-13-16)32-8-10-35-11-9-32;1-4-34-19-14(11(2)22-32-20(24)18-21(29)30-7-8-33(18)22)9-15(25)12(3)17(19)13-5-6-16(31-10-13)23(26,27)28;1-10(21-28-19(22)17-20(25)26-6-7-29(17)21)13-8-14(23)11(2)16(18(13)30-3)12-4-5-15(24)27-9-12/h4-7,12-14H,8-11H2,1-3H3,(H2,28,29);5-11H,4H2,1-3H3,(H2,29,30);4-10H,1-3H3,(H2,25,26). The van der Waals surface area contributed by atoms with E-state index in [1.807, 2.05) is 90.7 Å². The molecule has 9 aromatic heterocycles. The molecule has 30 heteroatoms. The lowest BCUT2D eigenvalue weighted by atomic mass is 9.91. The minimum Gasteiger partial charge on any atom is -0.496 e. The van der Waals surface area contributed by atoms with Crippen LogP contribution in [0.1, 0.15) is 102 Å². The van der Waals surface area contributed by atoms with E-state index in [-0.39, 0.29) is 17.8 Å². The van der Waals surface area contributed by atoms with Gasteiger partial charge in [0.2, 0.25) is 0 Å². The highest BCUT2D eigenvalue weighted by Gasteiger charge is 2.34. The molecule has 99 heavy (non-hydrogen) atoms. The van der Waals surface area contributed by atoms with Crippen molar-refractivity contribution in [1.29, 1.82) is 0 Å². The fourth-order valence-corrected chi connectivity index (χ4v) is 14.7. The minimum atomic E-state index is -4.53. The van der Waals surface area contributed by atoms with Crippen LogP contribution in [0.15, 0.2) is 124 Å². The summed E-state index contributed by atoms with van der Waals surface area (Å²) in [4.78, 5) is 41.4. The van der Waals surface area contributed by atoms with Crippen molar-refractivity contribution in [3.63, 3.8) is 0 Å². The summed E-state index contributed by atoms with van der Waals surface area (Å²) in [5.74, 6) is 5.65. The van der Waals surface area contributed by atoms with Crippen LogP contribution >= 0.6 is 94.2 Å². The molecule has 20 nitrogen and oxygen atoms in total. The van der Waals surface area contributed by atoms with Gasteiger partial charge < -0.3 is 41.0 Å². The predicted octanol–water partition coefficient (Wildman–Crippen LogP) is 17.7. The average Bonchev–Trinajstić information content (AvgIpc) is 1.75. The van der Waals surface area contributed by atoms with Crippen LogP contribution < -0.4 is 36.3 Å². The van der Waals surface area contributed by atoms with Gasteiger partial charge in [-0.15, -0.1) is 0 Å². The fraction of sp³-hybridized carbons (Fsp3) is 0.261. The van der Waals surface area contributed by atoms with Crippen LogP contribution in [0.25, 0.3) is 49.9 Å². The zero-order valence-corrected chi connectivity index (χ0v) is 62.4. The Morgan fingerprint density at radius 1 is 0.535 bits per heavy atom. The maximum atomic E-state index is 13.0. The van der Waals surface area contributed by atoms with Gasteiger partial charge in [0.1, 0.15) is 81.7 Å². The van der Waals surface area contributed by atoms with Crippen LogP contribution in [0.2, 0.25) is 20.2 Å². The lowest BCUT2D eigenvalue weighted by Crippen LogP contribution is -2.36. The molecule has 0 bridgehead atoms. The lowest BCUT2D eigenvalue weighted by Gasteiger charge is -2.28. The van der Waals surface area contributed by atoms with Gasteiger partial charge in [-0.2, -0.15) is 13.2 Å². The smallest absolute Gasteiger partial charge is 0.433 e. The summed E-state index contributed by atoms with van der Waals surface area (Å²) in [6, 6.07) is 15.8. The molecule has 514 valence electrons. The number of halogens is 10. The Kier molecular flexibility index (Phi) is 21.9. The van der Waals surface area contributed by atoms with E-state index in [2.05, 4.69) is 95.6 Å². The number of imidazole rings is 3. The van der Waals surface area contributed by atoms with Gasteiger partial charge in [-0.05, 0) is 141 Å². The molecule has 0 aliphatic carbocycles. The molecule has 1 aliphatic rings. The topological polar surface area (TPSA) is 247 Å². The Hall–Kier alpha value is -8.08. The van der Waals surface area contributed by atoms with Crippen LogP contribution in [0.5, 0.6) is 17.2 Å². The third-order valence-corrected chi connectivity index (χ3v) is 20.3. The second-order valence-corrected chi connectivity index (χ2v) is 26.9. The molecule has 12 aromatic rings. The minimum absolute atomic E-state index is 0.150. The largest absolute Gasteiger partial charge is 0.496 e. The number of anilines is 4. The van der Waals surface area contributed by atoms with Gasteiger partial charge >= 0.3 is 6.18 Å². The Bertz CT molecular complexity index is 5000. The first-order valence-corrected chi connectivity index (χ1v) is 34.6. The first-order valence-electron chi connectivity index (χ1n) is 30.8. The van der Waals surface area contributed by atoms with E-state index in [4.69, 9.17) is 97.5 Å². The van der Waals surface area contributed by atoms with Gasteiger partial charge in [0, 0.05) is 152 Å². The highest BCUT2D eigenvalue weighted by molar-refractivity contribution is 9.11. The Morgan fingerprint density at radius 3 is 1.25 bits per heavy atom. The average molecular weight is 1620 g/mol. The van der Waals surface area contributed by atoms with Gasteiger partial charge in [-0.1, -0.05) is 73.2 Å². The number of pyridine rings is 3. The SMILES string of the molecule is CCOc1c(C(C)c2nc(Br)c3c(N)nccn23)cc(Cl)c(C)c1-c1ccc(C(F)(F)F)nc1.COc1c(C(C)c2nc(Br)c3c(N)nccn23)cc(Cl)c(C)c1-c1ccc(Cl)nc1.COc1c(C(C)c2nc(Br)c3c(N)nccn23)cc(Cl)c(C)c1-c1ccc(N2CCOCC2)nc1. The summed E-state index contributed by atoms with van der Waals surface area (Å²) in [7, 11) is 3.33. The van der Waals surface area contributed by atoms with Crippen molar-refractivity contribution < 1.29 is 32.1 Å². The van der Waals surface area contributed by atoms with Gasteiger partial charge in [0.05, 0.1) is 34.0 Å². The van der Waals surface area contributed by atoms with E-state index in [1.165, 1.54) is 12.3 Å². The number of nitrogens with zero attached hydrogens (tertiary/aromatic N) is 13. The number of alkyl halides is 3. The molecule has 3 atom stereocenters. The molecule has 3 aromatic carbocycles. The van der Waals surface area contributed by atoms with E-state index < -0.39 is 11.9 Å². The monoisotopic (exact) mass is 1610 g/mol. The molecule has 3 unspecified atom stereocenters. The molecule has 0 saturated carbocycles. The van der Waals surface area contributed by atoms with Gasteiger partial charge in [0.25, 0.3) is 0 Å². The van der Waals surface area contributed by atoms with Crippen molar-refractivity contribution in [2.75, 3.05) is 69.2 Å². The number of nitrogens with two attached hydrogens (primary N) is 3. The maximum Gasteiger partial charge on any atom is 0.433 e. The van der Waals surface area contributed by atoms with E-state index in [0.717, 1.165) is 103 Å². The summed E-state index contributed by atoms with van der Waals surface area (Å²) in [6.45, 7) is 17.1. The second kappa shape index (κ2) is 30.0. The maximum absolute atomic E-state index is 13.0. The lowest BCUT2D eigenvalue weighted by molar-refractivity contribution is -0.141. The third-order valence-electron chi connectivity index (χ3n) is 17.2. The Labute approximate surface area is 612 Å². The number of morpholine rings is 1. The van der Waals surface area contributed by atoms with E-state index in [0.29, 0.717) is 111 Å². The molecule has 13 rings (SSSR count). The summed E-state index contributed by atoms with van der Waals surface area (Å²) in [6.07, 6.45) is 10.6. The van der Waals surface area contributed by atoms with Gasteiger partial charge in [0.15, 0.2) is 17.5 Å². The molecule has 0 radical (unpaired) electrons. The van der Waals surface area contributed by atoms with Crippen LogP contribution in [0.4, 0.5) is 36.4 Å². The molecule has 1 saturated heterocycles. The number of fused-ring (bicyclic) bond motifs is 3. The van der Waals surface area contributed by atoms with Crippen LogP contribution in [-0.2, 0) is 10.9 Å². The number of methoxy groups -OCH3 is 2. The summed E-state index contributed by atoms with van der Waals surface area (Å²) in [5, 5.41) is 2.15. The normalized spacial score (nSPS) is 13.4. The van der Waals surface area contributed by atoms with Crippen molar-refractivity contribution in [2.45, 2.75) is 72.4 Å². The van der Waals surface area contributed by atoms with E-state index in [1.54, 1.807) is 64.3 Å². The van der Waals surface area contributed by atoms with Crippen molar-refractivity contribution in [2.24, 2.45) is 0 Å². The molecule has 1 aliphatic heterocycles. The molecule has 6 N–H and O–H groups in total.